The van der Waals surface area contributed by atoms with Gasteiger partial charge in [-0.2, -0.15) is 16.7 Å². The molecule has 2 fully saturated rings. The number of aromatic nitrogens is 2. The molecule has 0 aromatic carbocycles. The Bertz CT molecular complexity index is 466. The predicted octanol–water partition coefficient (Wildman–Crippen LogP) is 2.78. The van der Waals surface area contributed by atoms with Crippen molar-refractivity contribution >= 4 is 11.8 Å². The van der Waals surface area contributed by atoms with Crippen LogP contribution in [0.3, 0.4) is 0 Å². The highest BCUT2D eigenvalue weighted by Gasteiger charge is 2.38. The van der Waals surface area contributed by atoms with Crippen molar-refractivity contribution in [2.45, 2.75) is 57.5 Å². The molecule has 1 atom stereocenters. The van der Waals surface area contributed by atoms with E-state index >= 15 is 0 Å². The molecule has 0 unspecified atom stereocenters. The van der Waals surface area contributed by atoms with Gasteiger partial charge in [-0.1, -0.05) is 24.4 Å². The SMILES string of the molecule is Cc1noc([C@H](C)NCC2(N3CCSCC3)CCCCC2)n1. The van der Waals surface area contributed by atoms with Gasteiger partial charge in [0.25, 0.3) is 0 Å². The minimum Gasteiger partial charge on any atom is -0.338 e. The molecular formula is C16H28N4OS. The first kappa shape index (κ1) is 16.3. The van der Waals surface area contributed by atoms with E-state index in [0.29, 0.717) is 17.3 Å². The fourth-order valence-corrected chi connectivity index (χ4v) is 4.67. The molecule has 124 valence electrons. The van der Waals surface area contributed by atoms with E-state index in [4.69, 9.17) is 4.52 Å². The molecule has 1 aliphatic heterocycles. The fraction of sp³-hybridized carbons (Fsp3) is 0.875. The molecule has 2 heterocycles. The number of nitrogens with one attached hydrogen (secondary N) is 1. The summed E-state index contributed by atoms with van der Waals surface area (Å²) in [5.74, 6) is 3.97. The molecule has 0 spiro atoms. The van der Waals surface area contributed by atoms with Crippen molar-refractivity contribution < 1.29 is 4.52 Å². The Morgan fingerprint density at radius 3 is 2.64 bits per heavy atom. The van der Waals surface area contributed by atoms with Gasteiger partial charge in [0.15, 0.2) is 5.82 Å². The van der Waals surface area contributed by atoms with Crippen LogP contribution in [0.1, 0.15) is 56.8 Å². The van der Waals surface area contributed by atoms with Crippen LogP contribution >= 0.6 is 11.8 Å². The molecule has 1 N–H and O–H groups in total. The van der Waals surface area contributed by atoms with E-state index in [2.05, 4.69) is 39.0 Å². The van der Waals surface area contributed by atoms with Gasteiger partial charge in [-0.3, -0.25) is 4.90 Å². The van der Waals surface area contributed by atoms with Crippen LogP contribution in [0.2, 0.25) is 0 Å². The number of hydrogen-bond acceptors (Lipinski definition) is 6. The lowest BCUT2D eigenvalue weighted by atomic mass is 9.79. The zero-order valence-electron chi connectivity index (χ0n) is 13.8. The molecule has 5 nitrogen and oxygen atoms in total. The predicted molar refractivity (Wildman–Crippen MR) is 90.2 cm³/mol. The van der Waals surface area contributed by atoms with E-state index in [9.17, 15) is 0 Å². The molecule has 0 amide bonds. The second kappa shape index (κ2) is 7.32. The van der Waals surface area contributed by atoms with Crippen molar-refractivity contribution in [3.8, 4) is 0 Å². The van der Waals surface area contributed by atoms with Crippen molar-refractivity contribution in [2.24, 2.45) is 0 Å². The Labute approximate surface area is 137 Å². The molecule has 6 heteroatoms. The van der Waals surface area contributed by atoms with Crippen LogP contribution in [0.15, 0.2) is 4.52 Å². The normalized spacial score (nSPS) is 24.3. The van der Waals surface area contributed by atoms with Crippen molar-refractivity contribution in [1.82, 2.24) is 20.4 Å². The van der Waals surface area contributed by atoms with E-state index in [0.717, 1.165) is 6.54 Å². The lowest BCUT2D eigenvalue weighted by Crippen LogP contribution is -2.58. The highest BCUT2D eigenvalue weighted by Crippen LogP contribution is 2.35. The van der Waals surface area contributed by atoms with Gasteiger partial charge in [-0.25, -0.2) is 0 Å². The minimum absolute atomic E-state index is 0.124. The second-order valence-corrected chi connectivity index (χ2v) is 7.89. The molecule has 22 heavy (non-hydrogen) atoms. The number of hydrogen-bond donors (Lipinski definition) is 1. The molecule has 1 saturated carbocycles. The summed E-state index contributed by atoms with van der Waals surface area (Å²) in [5.41, 5.74) is 0.336. The first-order chi connectivity index (χ1) is 10.7. The van der Waals surface area contributed by atoms with Crippen LogP contribution in [-0.2, 0) is 0 Å². The van der Waals surface area contributed by atoms with Crippen LogP contribution in [0.5, 0.6) is 0 Å². The average Bonchev–Trinajstić information content (AvgIpc) is 3.01. The quantitative estimate of drug-likeness (QED) is 0.899. The van der Waals surface area contributed by atoms with Gasteiger partial charge in [-0.15, -0.1) is 0 Å². The first-order valence-electron chi connectivity index (χ1n) is 8.56. The molecule has 2 aliphatic rings. The molecule has 3 rings (SSSR count). The zero-order chi connectivity index (χ0) is 15.4. The van der Waals surface area contributed by atoms with Gasteiger partial charge in [-0.05, 0) is 26.7 Å². The van der Waals surface area contributed by atoms with E-state index in [1.165, 1.54) is 56.7 Å². The van der Waals surface area contributed by atoms with Gasteiger partial charge < -0.3 is 9.84 Å². The molecule has 0 radical (unpaired) electrons. The molecule has 1 aromatic heterocycles. The van der Waals surface area contributed by atoms with Crippen molar-refractivity contribution in [3.63, 3.8) is 0 Å². The summed E-state index contributed by atoms with van der Waals surface area (Å²) in [7, 11) is 0. The standard InChI is InChI=1S/C16H28N4OS/c1-13(15-18-14(2)19-21-15)17-12-16(6-4-3-5-7-16)20-8-10-22-11-9-20/h13,17H,3-12H2,1-2H3/t13-/m0/s1. The third-order valence-corrected chi connectivity index (χ3v) is 6.06. The van der Waals surface area contributed by atoms with E-state index in [1.54, 1.807) is 0 Å². The summed E-state index contributed by atoms with van der Waals surface area (Å²) in [5, 5.41) is 7.58. The Morgan fingerprint density at radius 2 is 2.00 bits per heavy atom. The van der Waals surface area contributed by atoms with Crippen LogP contribution in [-0.4, -0.2) is 51.7 Å². The summed E-state index contributed by atoms with van der Waals surface area (Å²) in [6.45, 7) is 7.49. The van der Waals surface area contributed by atoms with E-state index in [1.807, 2.05) is 6.92 Å². The largest absolute Gasteiger partial charge is 0.338 e. The van der Waals surface area contributed by atoms with Crippen molar-refractivity contribution in [3.05, 3.63) is 11.7 Å². The Morgan fingerprint density at radius 1 is 1.27 bits per heavy atom. The monoisotopic (exact) mass is 324 g/mol. The lowest BCUT2D eigenvalue weighted by molar-refractivity contribution is 0.0554. The third kappa shape index (κ3) is 3.66. The van der Waals surface area contributed by atoms with Crippen LogP contribution in [0.4, 0.5) is 0 Å². The summed E-state index contributed by atoms with van der Waals surface area (Å²) < 4.78 is 5.30. The van der Waals surface area contributed by atoms with Crippen LogP contribution in [0.25, 0.3) is 0 Å². The average molecular weight is 324 g/mol. The highest BCUT2D eigenvalue weighted by molar-refractivity contribution is 7.99. The number of aryl methyl sites for hydroxylation is 1. The maximum atomic E-state index is 5.30. The summed E-state index contributed by atoms with van der Waals surface area (Å²) in [4.78, 5) is 7.10. The summed E-state index contributed by atoms with van der Waals surface area (Å²) in [6.07, 6.45) is 6.75. The topological polar surface area (TPSA) is 54.2 Å². The maximum Gasteiger partial charge on any atom is 0.243 e. The summed E-state index contributed by atoms with van der Waals surface area (Å²) >= 11 is 2.09. The van der Waals surface area contributed by atoms with E-state index < -0.39 is 0 Å². The Hall–Kier alpha value is -0.590. The Kier molecular flexibility index (Phi) is 5.42. The number of thioether (sulfide) groups is 1. The van der Waals surface area contributed by atoms with Crippen LogP contribution in [0, 0.1) is 6.92 Å². The molecular weight excluding hydrogens is 296 g/mol. The summed E-state index contributed by atoms with van der Waals surface area (Å²) in [6, 6.07) is 0.124. The van der Waals surface area contributed by atoms with Crippen LogP contribution < -0.4 is 5.32 Å². The number of nitrogens with zero attached hydrogens (tertiary/aromatic N) is 3. The van der Waals surface area contributed by atoms with Crippen molar-refractivity contribution in [1.29, 1.82) is 0 Å². The van der Waals surface area contributed by atoms with Gasteiger partial charge in [0.2, 0.25) is 5.89 Å². The molecule has 1 aromatic rings. The van der Waals surface area contributed by atoms with Gasteiger partial charge >= 0.3 is 0 Å². The number of rotatable bonds is 5. The van der Waals surface area contributed by atoms with Gasteiger partial charge in [0, 0.05) is 36.7 Å². The van der Waals surface area contributed by atoms with Gasteiger partial charge in [0.1, 0.15) is 0 Å². The van der Waals surface area contributed by atoms with E-state index in [-0.39, 0.29) is 6.04 Å². The smallest absolute Gasteiger partial charge is 0.243 e. The maximum absolute atomic E-state index is 5.30. The lowest BCUT2D eigenvalue weighted by Gasteiger charge is -2.48. The minimum atomic E-state index is 0.124. The molecule has 0 bridgehead atoms. The third-order valence-electron chi connectivity index (χ3n) is 5.12. The Balaban J connectivity index is 1.64. The van der Waals surface area contributed by atoms with Gasteiger partial charge in [0.05, 0.1) is 6.04 Å². The molecule has 1 aliphatic carbocycles. The first-order valence-corrected chi connectivity index (χ1v) is 9.71. The van der Waals surface area contributed by atoms with Crippen molar-refractivity contribution in [2.75, 3.05) is 31.1 Å². The zero-order valence-corrected chi connectivity index (χ0v) is 14.6. The highest BCUT2D eigenvalue weighted by atomic mass is 32.2. The molecule has 1 saturated heterocycles. The second-order valence-electron chi connectivity index (χ2n) is 6.67. The fourth-order valence-electron chi connectivity index (χ4n) is 3.77.